The lowest BCUT2D eigenvalue weighted by molar-refractivity contribution is -0.121. The number of aryl methyl sites for hydroxylation is 1. The monoisotopic (exact) mass is 397 g/mol. The Labute approximate surface area is 168 Å². The first-order valence-electron chi connectivity index (χ1n) is 8.82. The molecule has 1 aromatic carbocycles. The molecule has 1 aliphatic rings. The minimum absolute atomic E-state index is 0.156. The van der Waals surface area contributed by atoms with Gasteiger partial charge in [0, 0.05) is 35.8 Å². The topological polar surface area (TPSA) is 96.3 Å². The van der Waals surface area contributed by atoms with Gasteiger partial charge in [-0.3, -0.25) is 9.59 Å². The number of aromatic nitrogens is 2. The number of rotatable bonds is 6. The summed E-state index contributed by atoms with van der Waals surface area (Å²) in [6, 6.07) is 8.55. The van der Waals surface area contributed by atoms with E-state index in [4.69, 9.17) is 11.6 Å². The third-order valence-corrected chi connectivity index (χ3v) is 4.37. The maximum Gasteiger partial charge on any atom is 0.249 e. The lowest BCUT2D eigenvalue weighted by Crippen LogP contribution is -2.37. The predicted octanol–water partition coefficient (Wildman–Crippen LogP) is 2.94. The van der Waals surface area contributed by atoms with Crippen molar-refractivity contribution in [2.75, 3.05) is 5.32 Å². The van der Waals surface area contributed by atoms with Gasteiger partial charge in [0.1, 0.15) is 17.7 Å². The summed E-state index contributed by atoms with van der Waals surface area (Å²) in [6.45, 7) is 3.94. The van der Waals surface area contributed by atoms with Crippen LogP contribution in [-0.2, 0) is 16.1 Å². The quantitative estimate of drug-likeness (QED) is 0.781. The second-order valence-corrected chi connectivity index (χ2v) is 6.85. The van der Waals surface area contributed by atoms with Gasteiger partial charge >= 0.3 is 0 Å². The fourth-order valence-corrected chi connectivity index (χ4v) is 2.76. The van der Waals surface area contributed by atoms with E-state index < -0.39 is 6.04 Å². The fourth-order valence-electron chi connectivity index (χ4n) is 2.64. The highest BCUT2D eigenvalue weighted by Crippen LogP contribution is 2.18. The average Bonchev–Trinajstić information content (AvgIpc) is 2.67. The maximum atomic E-state index is 12.4. The summed E-state index contributed by atoms with van der Waals surface area (Å²) < 4.78 is 0. The Bertz CT molecular complexity index is 954. The molecule has 0 fully saturated rings. The molecule has 8 heteroatoms. The van der Waals surface area contributed by atoms with E-state index >= 15 is 0 Å². The Morgan fingerprint density at radius 1 is 1.25 bits per heavy atom. The van der Waals surface area contributed by atoms with Crippen LogP contribution in [0.5, 0.6) is 0 Å². The summed E-state index contributed by atoms with van der Waals surface area (Å²) in [6.07, 6.45) is 3.53. The molecule has 0 radical (unpaired) electrons. The second kappa shape index (κ2) is 8.75. The number of aliphatic imine (C=N–C) groups is 1. The predicted molar refractivity (Wildman–Crippen MR) is 109 cm³/mol. The van der Waals surface area contributed by atoms with Crippen molar-refractivity contribution in [3.8, 4) is 0 Å². The van der Waals surface area contributed by atoms with Crippen LogP contribution in [0.4, 0.5) is 5.82 Å². The van der Waals surface area contributed by atoms with Gasteiger partial charge in [-0.15, -0.1) is 0 Å². The van der Waals surface area contributed by atoms with Gasteiger partial charge in [0.15, 0.2) is 0 Å². The number of carbonyl (C=O) groups excluding carboxylic acids is 2. The Morgan fingerprint density at radius 2 is 2.00 bits per heavy atom. The first-order chi connectivity index (χ1) is 13.4. The zero-order chi connectivity index (χ0) is 20.1. The van der Waals surface area contributed by atoms with E-state index in [1.54, 1.807) is 38.1 Å². The van der Waals surface area contributed by atoms with Crippen molar-refractivity contribution in [3.05, 3.63) is 58.5 Å². The van der Waals surface area contributed by atoms with Gasteiger partial charge in [-0.2, -0.15) is 0 Å². The van der Waals surface area contributed by atoms with Crippen molar-refractivity contribution in [2.24, 2.45) is 4.99 Å². The van der Waals surface area contributed by atoms with Crippen molar-refractivity contribution in [2.45, 2.75) is 32.9 Å². The Hall–Kier alpha value is -3.06. The second-order valence-electron chi connectivity index (χ2n) is 6.41. The smallest absolute Gasteiger partial charge is 0.249 e. The summed E-state index contributed by atoms with van der Waals surface area (Å²) >= 11 is 5.87. The number of allylic oxidation sites excluding steroid dienone is 1. The lowest BCUT2D eigenvalue weighted by atomic mass is 10.1. The molecule has 2 aromatic rings. The zero-order valence-electron chi connectivity index (χ0n) is 15.6. The van der Waals surface area contributed by atoms with E-state index in [-0.39, 0.29) is 18.2 Å². The summed E-state index contributed by atoms with van der Waals surface area (Å²) in [5, 5.41) is 6.63. The summed E-state index contributed by atoms with van der Waals surface area (Å²) in [5.74, 6) is 0.749. The minimum atomic E-state index is -0.495. The van der Waals surface area contributed by atoms with Gasteiger partial charge < -0.3 is 10.6 Å². The van der Waals surface area contributed by atoms with Crippen LogP contribution in [0.2, 0.25) is 5.02 Å². The summed E-state index contributed by atoms with van der Waals surface area (Å²) in [5.41, 5.74) is 2.37. The van der Waals surface area contributed by atoms with Crippen molar-refractivity contribution >= 4 is 41.0 Å². The lowest BCUT2D eigenvalue weighted by Gasteiger charge is -2.16. The molecule has 0 saturated carbocycles. The number of halogens is 1. The molecule has 144 valence electrons. The van der Waals surface area contributed by atoms with Crippen LogP contribution in [0, 0.1) is 6.92 Å². The van der Waals surface area contributed by atoms with Crippen molar-refractivity contribution < 1.29 is 9.59 Å². The minimum Gasteiger partial charge on any atom is -0.359 e. The van der Waals surface area contributed by atoms with Crippen LogP contribution in [-0.4, -0.2) is 34.0 Å². The fraction of sp³-hybridized carbons (Fsp3) is 0.250. The van der Waals surface area contributed by atoms with Gasteiger partial charge in [-0.25, -0.2) is 15.0 Å². The third kappa shape index (κ3) is 5.23. The number of anilines is 1. The molecule has 2 N–H and O–H groups in total. The molecule has 1 atom stereocenters. The van der Waals surface area contributed by atoms with Gasteiger partial charge in [0.2, 0.25) is 11.8 Å². The average molecular weight is 398 g/mol. The number of amides is 2. The Balaban J connectivity index is 1.63. The van der Waals surface area contributed by atoms with Crippen LogP contribution in [0.15, 0.2) is 41.4 Å². The van der Waals surface area contributed by atoms with Gasteiger partial charge in [-0.1, -0.05) is 29.8 Å². The van der Waals surface area contributed by atoms with Gasteiger partial charge in [0.25, 0.3) is 0 Å². The van der Waals surface area contributed by atoms with E-state index in [2.05, 4.69) is 25.6 Å². The normalized spacial score (nSPS) is 14.4. The SMILES string of the molecule is Cc1nc(N[C@H](C)C(=O)NCc2ccc(Cl)cc2)cc(C2=CCC(=O)N=C2)n1. The van der Waals surface area contributed by atoms with E-state index in [0.29, 0.717) is 28.9 Å². The molecule has 1 aromatic heterocycles. The molecule has 7 nitrogen and oxygen atoms in total. The first-order valence-corrected chi connectivity index (χ1v) is 9.20. The van der Waals surface area contributed by atoms with Gasteiger partial charge in [0.05, 0.1) is 5.69 Å². The molecule has 1 aliphatic heterocycles. The van der Waals surface area contributed by atoms with Crippen LogP contribution < -0.4 is 10.6 Å². The number of nitrogens with zero attached hydrogens (tertiary/aromatic N) is 3. The van der Waals surface area contributed by atoms with Crippen LogP contribution >= 0.6 is 11.6 Å². The standard InChI is InChI=1S/C20H20ClN5O2/c1-12(20(28)23-10-14-3-6-16(21)7-4-14)24-18-9-17(25-13(2)26-18)15-5-8-19(27)22-11-15/h3-7,9,11-12H,8,10H2,1-2H3,(H,23,28)(H,24,25,26)/t12-/m1/s1. The summed E-state index contributed by atoms with van der Waals surface area (Å²) in [7, 11) is 0. The first kappa shape index (κ1) is 19.7. The number of hydrogen-bond donors (Lipinski definition) is 2. The number of nitrogens with one attached hydrogen (secondary N) is 2. The highest BCUT2D eigenvalue weighted by molar-refractivity contribution is 6.30. The summed E-state index contributed by atoms with van der Waals surface area (Å²) in [4.78, 5) is 36.2. The van der Waals surface area contributed by atoms with E-state index in [1.165, 1.54) is 6.21 Å². The molecule has 2 amide bonds. The molecule has 0 spiro atoms. The molecule has 0 aliphatic carbocycles. The molecule has 28 heavy (non-hydrogen) atoms. The zero-order valence-corrected chi connectivity index (χ0v) is 16.3. The third-order valence-electron chi connectivity index (χ3n) is 4.12. The molecule has 0 unspecified atom stereocenters. The van der Waals surface area contributed by atoms with Gasteiger partial charge in [-0.05, 0) is 31.5 Å². The number of benzene rings is 1. The van der Waals surface area contributed by atoms with E-state index in [1.807, 2.05) is 12.1 Å². The van der Waals surface area contributed by atoms with Crippen molar-refractivity contribution in [3.63, 3.8) is 0 Å². The van der Waals surface area contributed by atoms with Crippen molar-refractivity contribution in [1.29, 1.82) is 0 Å². The van der Waals surface area contributed by atoms with Crippen LogP contribution in [0.25, 0.3) is 5.57 Å². The van der Waals surface area contributed by atoms with Crippen LogP contribution in [0.3, 0.4) is 0 Å². The van der Waals surface area contributed by atoms with E-state index in [9.17, 15) is 9.59 Å². The number of carbonyl (C=O) groups is 2. The number of dihydropyridines is 1. The Kier molecular flexibility index (Phi) is 6.16. The van der Waals surface area contributed by atoms with Crippen LogP contribution in [0.1, 0.15) is 30.4 Å². The molecule has 0 saturated heterocycles. The molecule has 0 bridgehead atoms. The number of hydrogen-bond acceptors (Lipinski definition) is 5. The Morgan fingerprint density at radius 3 is 2.68 bits per heavy atom. The largest absolute Gasteiger partial charge is 0.359 e. The molecule has 2 heterocycles. The molecular weight excluding hydrogens is 378 g/mol. The van der Waals surface area contributed by atoms with Crippen molar-refractivity contribution in [1.82, 2.24) is 15.3 Å². The highest BCUT2D eigenvalue weighted by Gasteiger charge is 2.15. The van der Waals surface area contributed by atoms with E-state index in [0.717, 1.165) is 11.1 Å². The molecule has 3 rings (SSSR count). The highest BCUT2D eigenvalue weighted by atomic mass is 35.5. The maximum absolute atomic E-state index is 12.4. The molecular formula is C20H20ClN5O2.